The number of rotatable bonds is 6. The van der Waals surface area contributed by atoms with Crippen LogP contribution in [-0.2, 0) is 19.1 Å². The van der Waals surface area contributed by atoms with Crippen molar-refractivity contribution in [2.45, 2.75) is 20.3 Å². The van der Waals surface area contributed by atoms with Crippen molar-refractivity contribution in [1.29, 1.82) is 0 Å². The van der Waals surface area contributed by atoms with Crippen LogP contribution in [0, 0.1) is 19.8 Å². The molecule has 1 heterocycles. The van der Waals surface area contributed by atoms with E-state index in [2.05, 4.69) is 5.32 Å². The maximum Gasteiger partial charge on any atom is 0.311 e. The Kier molecular flexibility index (Phi) is 6.16. The highest BCUT2D eigenvalue weighted by Crippen LogP contribution is 2.33. The molecule has 0 aliphatic carbocycles. The molecule has 1 atom stereocenters. The molecule has 3 rings (SSSR count). The molecule has 152 valence electrons. The number of anilines is 2. The van der Waals surface area contributed by atoms with Gasteiger partial charge in [0.1, 0.15) is 5.75 Å². The molecule has 2 amide bonds. The quantitative estimate of drug-likeness (QED) is 0.759. The number of benzene rings is 2. The van der Waals surface area contributed by atoms with Crippen LogP contribution in [0.4, 0.5) is 11.4 Å². The number of para-hydroxylation sites is 2. The molecule has 1 aliphatic rings. The molecule has 1 N–H and O–H groups in total. The van der Waals surface area contributed by atoms with Crippen molar-refractivity contribution < 1.29 is 23.9 Å². The van der Waals surface area contributed by atoms with Gasteiger partial charge < -0.3 is 19.7 Å². The van der Waals surface area contributed by atoms with E-state index in [1.807, 2.05) is 38.1 Å². The SMILES string of the molecule is COc1ccccc1N1C[C@@H](C(=O)OCC(=O)Nc2cc(C)ccc2C)CC1=O. The van der Waals surface area contributed by atoms with Crippen molar-refractivity contribution in [2.75, 3.05) is 30.5 Å². The smallest absolute Gasteiger partial charge is 0.311 e. The summed E-state index contributed by atoms with van der Waals surface area (Å²) >= 11 is 0. The lowest BCUT2D eigenvalue weighted by atomic mass is 10.1. The van der Waals surface area contributed by atoms with Crippen molar-refractivity contribution in [3.05, 3.63) is 53.6 Å². The summed E-state index contributed by atoms with van der Waals surface area (Å²) in [6, 6.07) is 12.9. The first-order valence-electron chi connectivity index (χ1n) is 9.36. The average molecular weight is 396 g/mol. The molecule has 0 saturated carbocycles. The molecule has 0 unspecified atom stereocenters. The van der Waals surface area contributed by atoms with Crippen molar-refractivity contribution in [1.82, 2.24) is 0 Å². The molecule has 0 spiro atoms. The number of aryl methyl sites for hydroxylation is 2. The number of methoxy groups -OCH3 is 1. The lowest BCUT2D eigenvalue weighted by molar-refractivity contribution is -0.151. The van der Waals surface area contributed by atoms with E-state index in [0.29, 0.717) is 17.1 Å². The zero-order chi connectivity index (χ0) is 21.0. The highest BCUT2D eigenvalue weighted by molar-refractivity contribution is 6.01. The summed E-state index contributed by atoms with van der Waals surface area (Å²) < 4.78 is 10.5. The van der Waals surface area contributed by atoms with Crippen molar-refractivity contribution >= 4 is 29.2 Å². The Hall–Kier alpha value is -3.35. The van der Waals surface area contributed by atoms with Crippen molar-refractivity contribution in [3.8, 4) is 5.75 Å². The number of hydrogen-bond acceptors (Lipinski definition) is 5. The number of nitrogens with zero attached hydrogens (tertiary/aromatic N) is 1. The number of amides is 2. The first kappa shape index (κ1) is 20.4. The third-order valence-electron chi connectivity index (χ3n) is 4.85. The average Bonchev–Trinajstić information content (AvgIpc) is 3.10. The standard InChI is InChI=1S/C22H24N2O5/c1-14-8-9-15(2)17(10-14)23-20(25)13-29-22(27)16-11-21(26)24(12-16)18-6-4-5-7-19(18)28-3/h4-10,16H,11-13H2,1-3H3,(H,23,25)/t16-/m0/s1. The Labute approximate surface area is 169 Å². The Balaban J connectivity index is 1.57. The van der Waals surface area contributed by atoms with Crippen LogP contribution in [0.5, 0.6) is 5.75 Å². The van der Waals surface area contributed by atoms with E-state index in [0.717, 1.165) is 11.1 Å². The summed E-state index contributed by atoms with van der Waals surface area (Å²) in [5.74, 6) is -1.23. The molecular formula is C22H24N2O5. The molecule has 7 heteroatoms. The fourth-order valence-electron chi connectivity index (χ4n) is 3.26. The van der Waals surface area contributed by atoms with E-state index in [1.165, 1.54) is 12.0 Å². The second-order valence-corrected chi connectivity index (χ2v) is 7.05. The summed E-state index contributed by atoms with van der Waals surface area (Å²) in [6.45, 7) is 3.61. The van der Waals surface area contributed by atoms with Crippen LogP contribution >= 0.6 is 0 Å². The van der Waals surface area contributed by atoms with Crippen LogP contribution in [-0.4, -0.2) is 38.0 Å². The normalized spacial score (nSPS) is 15.9. The Bertz CT molecular complexity index is 941. The van der Waals surface area contributed by atoms with Gasteiger partial charge in [0.25, 0.3) is 5.91 Å². The van der Waals surface area contributed by atoms with Gasteiger partial charge in [-0.3, -0.25) is 14.4 Å². The van der Waals surface area contributed by atoms with Gasteiger partial charge in [-0.2, -0.15) is 0 Å². The third-order valence-corrected chi connectivity index (χ3v) is 4.85. The minimum absolute atomic E-state index is 0.0372. The predicted octanol–water partition coefficient (Wildman–Crippen LogP) is 2.85. The van der Waals surface area contributed by atoms with Crippen molar-refractivity contribution in [2.24, 2.45) is 5.92 Å². The minimum atomic E-state index is -0.624. The van der Waals surface area contributed by atoms with Crippen LogP contribution in [0.2, 0.25) is 0 Å². The van der Waals surface area contributed by atoms with Gasteiger partial charge in [-0.05, 0) is 43.2 Å². The fraction of sp³-hybridized carbons (Fsp3) is 0.318. The van der Waals surface area contributed by atoms with Gasteiger partial charge in [-0.25, -0.2) is 0 Å². The van der Waals surface area contributed by atoms with Crippen molar-refractivity contribution in [3.63, 3.8) is 0 Å². The molecular weight excluding hydrogens is 372 g/mol. The summed E-state index contributed by atoms with van der Waals surface area (Å²) in [5.41, 5.74) is 3.24. The molecule has 2 aromatic carbocycles. The van der Waals surface area contributed by atoms with Crippen LogP contribution in [0.25, 0.3) is 0 Å². The summed E-state index contributed by atoms with van der Waals surface area (Å²) in [6.07, 6.45) is 0.0372. The van der Waals surface area contributed by atoms with E-state index in [9.17, 15) is 14.4 Å². The molecule has 29 heavy (non-hydrogen) atoms. The first-order chi connectivity index (χ1) is 13.9. The molecule has 0 bridgehead atoms. The second kappa shape index (κ2) is 8.77. The number of nitrogens with one attached hydrogen (secondary N) is 1. The zero-order valence-corrected chi connectivity index (χ0v) is 16.7. The number of carbonyl (C=O) groups is 3. The molecule has 1 saturated heterocycles. The second-order valence-electron chi connectivity index (χ2n) is 7.05. The number of hydrogen-bond donors (Lipinski definition) is 1. The molecule has 1 fully saturated rings. The number of carbonyl (C=O) groups excluding carboxylic acids is 3. The first-order valence-corrected chi connectivity index (χ1v) is 9.36. The Morgan fingerprint density at radius 1 is 1.17 bits per heavy atom. The molecule has 2 aromatic rings. The Morgan fingerprint density at radius 2 is 1.93 bits per heavy atom. The van der Waals surface area contributed by atoms with Crippen LogP contribution in [0.1, 0.15) is 17.5 Å². The fourth-order valence-corrected chi connectivity index (χ4v) is 3.26. The summed E-state index contributed by atoms with van der Waals surface area (Å²) in [4.78, 5) is 38.4. The van der Waals surface area contributed by atoms with Gasteiger partial charge in [0.05, 0.1) is 18.7 Å². The lowest BCUT2D eigenvalue weighted by Crippen LogP contribution is -2.28. The lowest BCUT2D eigenvalue weighted by Gasteiger charge is -2.19. The summed E-state index contributed by atoms with van der Waals surface area (Å²) in [5, 5.41) is 2.75. The number of ether oxygens (including phenoxy) is 2. The van der Waals surface area contributed by atoms with Gasteiger partial charge in [-0.15, -0.1) is 0 Å². The van der Waals surface area contributed by atoms with Gasteiger partial charge in [0.15, 0.2) is 6.61 Å². The largest absolute Gasteiger partial charge is 0.495 e. The highest BCUT2D eigenvalue weighted by Gasteiger charge is 2.37. The maximum atomic E-state index is 12.4. The van der Waals surface area contributed by atoms with Crippen LogP contribution < -0.4 is 15.0 Å². The van der Waals surface area contributed by atoms with Gasteiger partial charge in [-0.1, -0.05) is 24.3 Å². The predicted molar refractivity (Wildman–Crippen MR) is 109 cm³/mol. The third kappa shape index (κ3) is 4.74. The van der Waals surface area contributed by atoms with E-state index in [1.54, 1.807) is 18.2 Å². The summed E-state index contributed by atoms with van der Waals surface area (Å²) in [7, 11) is 1.53. The highest BCUT2D eigenvalue weighted by atomic mass is 16.5. The molecule has 7 nitrogen and oxygen atoms in total. The topological polar surface area (TPSA) is 84.9 Å². The van der Waals surface area contributed by atoms with Gasteiger partial charge in [0.2, 0.25) is 5.91 Å². The van der Waals surface area contributed by atoms with E-state index in [4.69, 9.17) is 9.47 Å². The monoisotopic (exact) mass is 396 g/mol. The van der Waals surface area contributed by atoms with E-state index in [-0.39, 0.29) is 18.9 Å². The van der Waals surface area contributed by atoms with E-state index >= 15 is 0 Å². The Morgan fingerprint density at radius 3 is 2.69 bits per heavy atom. The molecule has 0 aromatic heterocycles. The molecule has 1 aliphatic heterocycles. The van der Waals surface area contributed by atoms with E-state index < -0.39 is 24.4 Å². The van der Waals surface area contributed by atoms with Gasteiger partial charge >= 0.3 is 5.97 Å². The van der Waals surface area contributed by atoms with Crippen LogP contribution in [0.15, 0.2) is 42.5 Å². The maximum absolute atomic E-state index is 12.4. The zero-order valence-electron chi connectivity index (χ0n) is 16.7. The number of esters is 1. The minimum Gasteiger partial charge on any atom is -0.495 e. The van der Waals surface area contributed by atoms with Crippen LogP contribution in [0.3, 0.4) is 0 Å². The van der Waals surface area contributed by atoms with Gasteiger partial charge in [0, 0.05) is 18.7 Å². The molecule has 0 radical (unpaired) electrons.